The summed E-state index contributed by atoms with van der Waals surface area (Å²) in [6.45, 7) is 8.71. The van der Waals surface area contributed by atoms with Crippen LogP contribution in [0.15, 0.2) is 35.1 Å². The summed E-state index contributed by atoms with van der Waals surface area (Å²) in [6.07, 6.45) is 1.94. The predicted molar refractivity (Wildman–Crippen MR) is 117 cm³/mol. The molecule has 0 aliphatic rings. The fraction of sp³-hybridized carbons (Fsp3) is 0.474. The second kappa shape index (κ2) is 10.3. The lowest BCUT2D eigenvalue weighted by molar-refractivity contribution is -0.0167. The highest BCUT2D eigenvalue weighted by Crippen LogP contribution is 2.34. The zero-order chi connectivity index (χ0) is 21.5. The van der Waals surface area contributed by atoms with E-state index < -0.39 is 10.2 Å². The first-order valence-electron chi connectivity index (χ1n) is 9.26. The molecule has 10 heteroatoms. The molecule has 1 aromatic carbocycles. The molecule has 0 unspecified atom stereocenters. The van der Waals surface area contributed by atoms with Crippen molar-refractivity contribution in [1.82, 2.24) is 14.7 Å². The molecule has 29 heavy (non-hydrogen) atoms. The van der Waals surface area contributed by atoms with Crippen LogP contribution in [0.1, 0.15) is 34.1 Å². The third-order valence-corrected chi connectivity index (χ3v) is 5.15. The van der Waals surface area contributed by atoms with Gasteiger partial charge in [0.1, 0.15) is 12.9 Å². The average Bonchev–Trinajstić information content (AvgIpc) is 2.64. The smallest absolute Gasteiger partial charge is 0.300 e. The molecule has 0 amide bonds. The van der Waals surface area contributed by atoms with Crippen molar-refractivity contribution in [2.45, 2.75) is 39.7 Å². The van der Waals surface area contributed by atoms with Gasteiger partial charge in [0.25, 0.3) is 10.2 Å². The van der Waals surface area contributed by atoms with Crippen molar-refractivity contribution in [3.8, 4) is 17.0 Å². The molecule has 160 valence electrons. The van der Waals surface area contributed by atoms with Gasteiger partial charge in [0.15, 0.2) is 5.82 Å². The Morgan fingerprint density at radius 2 is 1.79 bits per heavy atom. The van der Waals surface area contributed by atoms with Gasteiger partial charge in [-0.05, 0) is 44.9 Å². The largest absolute Gasteiger partial charge is 0.475 e. The maximum Gasteiger partial charge on any atom is 0.300 e. The van der Waals surface area contributed by atoms with Gasteiger partial charge in [-0.1, -0.05) is 35.0 Å². The van der Waals surface area contributed by atoms with Gasteiger partial charge in [-0.2, -0.15) is 13.1 Å². The van der Waals surface area contributed by atoms with Gasteiger partial charge in [-0.25, -0.2) is 9.97 Å². The van der Waals surface area contributed by atoms with Crippen molar-refractivity contribution >= 4 is 32.0 Å². The minimum Gasteiger partial charge on any atom is -0.475 e. The summed E-state index contributed by atoms with van der Waals surface area (Å²) >= 11 is 3.40. The lowest BCUT2D eigenvalue weighted by atomic mass is 10.1. The molecular weight excluding hydrogens is 460 g/mol. The fourth-order valence-electron chi connectivity index (χ4n) is 2.32. The number of anilines is 1. The minimum atomic E-state index is -3.78. The summed E-state index contributed by atoms with van der Waals surface area (Å²) in [5, 5.41) is 0. The number of ether oxygens (including phenoxy) is 2. The molecule has 0 bridgehead atoms. The van der Waals surface area contributed by atoms with Crippen LogP contribution in [0.2, 0.25) is 0 Å². The number of rotatable bonds is 10. The normalized spacial score (nSPS) is 12.0. The van der Waals surface area contributed by atoms with Crippen LogP contribution in [0.4, 0.5) is 5.82 Å². The first-order chi connectivity index (χ1) is 13.6. The molecular formula is C19H27BrN4O4S. The molecule has 1 heterocycles. The van der Waals surface area contributed by atoms with E-state index in [0.717, 1.165) is 4.47 Å². The molecule has 0 spiro atoms. The van der Waals surface area contributed by atoms with Crippen molar-refractivity contribution < 1.29 is 17.9 Å². The highest BCUT2D eigenvalue weighted by atomic mass is 79.9. The third kappa shape index (κ3) is 7.88. The van der Waals surface area contributed by atoms with Crippen LogP contribution in [0.5, 0.6) is 5.88 Å². The summed E-state index contributed by atoms with van der Waals surface area (Å²) in [4.78, 5) is 8.34. The number of benzene rings is 1. The van der Waals surface area contributed by atoms with Gasteiger partial charge < -0.3 is 9.47 Å². The first-order valence-corrected chi connectivity index (χ1v) is 11.5. The standard InChI is InChI=1S/C19H27BrN4O4S/c1-5-10-23-29(25,26)24-17-16(14-6-8-15(20)9-7-14)18(22-13-21-17)27-11-12-28-19(2,3)4/h6-9,13,23H,5,10-12H2,1-4H3,(H,21,22,24). The molecule has 0 fully saturated rings. The SMILES string of the molecule is CCCNS(=O)(=O)Nc1ncnc(OCCOC(C)(C)C)c1-c1ccc(Br)cc1. The molecule has 8 nitrogen and oxygen atoms in total. The van der Waals surface area contributed by atoms with E-state index in [2.05, 4.69) is 35.3 Å². The molecule has 0 saturated heterocycles. The summed E-state index contributed by atoms with van der Waals surface area (Å²) in [5.41, 5.74) is 0.890. The van der Waals surface area contributed by atoms with E-state index in [1.165, 1.54) is 6.33 Å². The first kappa shape index (κ1) is 23.5. The topological polar surface area (TPSA) is 102 Å². The predicted octanol–water partition coefficient (Wildman–Crippen LogP) is 3.76. The van der Waals surface area contributed by atoms with E-state index in [4.69, 9.17) is 9.47 Å². The van der Waals surface area contributed by atoms with Gasteiger partial charge in [0.2, 0.25) is 5.88 Å². The van der Waals surface area contributed by atoms with E-state index >= 15 is 0 Å². The van der Waals surface area contributed by atoms with Crippen LogP contribution < -0.4 is 14.2 Å². The Kier molecular flexibility index (Phi) is 8.38. The van der Waals surface area contributed by atoms with Crippen LogP contribution >= 0.6 is 15.9 Å². The quantitative estimate of drug-likeness (QED) is 0.495. The van der Waals surface area contributed by atoms with Crippen molar-refractivity contribution in [3.63, 3.8) is 0 Å². The summed E-state index contributed by atoms with van der Waals surface area (Å²) in [7, 11) is -3.78. The zero-order valence-electron chi connectivity index (χ0n) is 17.0. The van der Waals surface area contributed by atoms with Crippen LogP contribution in [-0.4, -0.2) is 43.7 Å². The second-order valence-electron chi connectivity index (χ2n) is 7.22. The summed E-state index contributed by atoms with van der Waals surface area (Å²) in [6, 6.07) is 7.36. The summed E-state index contributed by atoms with van der Waals surface area (Å²) < 4.78 is 42.0. The molecule has 2 rings (SSSR count). The van der Waals surface area contributed by atoms with E-state index in [-0.39, 0.29) is 23.9 Å². The molecule has 2 aromatic rings. The fourth-order valence-corrected chi connectivity index (χ4v) is 3.54. The van der Waals surface area contributed by atoms with Gasteiger partial charge in [0.05, 0.1) is 17.8 Å². The maximum atomic E-state index is 12.3. The lowest BCUT2D eigenvalue weighted by Crippen LogP contribution is -2.31. The molecule has 0 radical (unpaired) electrons. The third-order valence-electron chi connectivity index (χ3n) is 3.58. The highest BCUT2D eigenvalue weighted by Gasteiger charge is 2.20. The Balaban J connectivity index is 2.33. The number of hydrogen-bond acceptors (Lipinski definition) is 6. The number of nitrogens with zero attached hydrogens (tertiary/aromatic N) is 2. The average molecular weight is 487 g/mol. The van der Waals surface area contributed by atoms with E-state index in [1.807, 2.05) is 52.0 Å². The monoisotopic (exact) mass is 486 g/mol. The minimum absolute atomic E-state index is 0.137. The molecule has 1 aromatic heterocycles. The molecule has 0 saturated carbocycles. The van der Waals surface area contributed by atoms with E-state index in [0.29, 0.717) is 30.7 Å². The Morgan fingerprint density at radius 3 is 2.41 bits per heavy atom. The highest BCUT2D eigenvalue weighted by molar-refractivity contribution is 9.10. The molecule has 0 aliphatic heterocycles. The van der Waals surface area contributed by atoms with Crippen LogP contribution in [0.25, 0.3) is 11.1 Å². The molecule has 0 aliphatic carbocycles. The zero-order valence-corrected chi connectivity index (χ0v) is 19.4. The van der Waals surface area contributed by atoms with Crippen LogP contribution in [0.3, 0.4) is 0 Å². The number of halogens is 1. The second-order valence-corrected chi connectivity index (χ2v) is 9.63. The van der Waals surface area contributed by atoms with Crippen molar-refractivity contribution in [3.05, 3.63) is 35.1 Å². The van der Waals surface area contributed by atoms with Gasteiger partial charge >= 0.3 is 0 Å². The van der Waals surface area contributed by atoms with E-state index in [1.54, 1.807) is 0 Å². The van der Waals surface area contributed by atoms with Gasteiger partial charge in [0, 0.05) is 11.0 Å². The van der Waals surface area contributed by atoms with E-state index in [9.17, 15) is 8.42 Å². The molecule has 2 N–H and O–H groups in total. The van der Waals surface area contributed by atoms with Gasteiger partial charge in [-0.3, -0.25) is 4.72 Å². The Hall–Kier alpha value is -1.75. The maximum absolute atomic E-state index is 12.3. The van der Waals surface area contributed by atoms with Crippen LogP contribution in [-0.2, 0) is 14.9 Å². The van der Waals surface area contributed by atoms with Crippen molar-refractivity contribution in [2.75, 3.05) is 24.5 Å². The summed E-state index contributed by atoms with van der Waals surface area (Å²) in [5.74, 6) is 0.408. The number of hydrogen-bond donors (Lipinski definition) is 2. The molecule has 0 atom stereocenters. The Bertz CT molecular complexity index is 899. The number of nitrogens with one attached hydrogen (secondary N) is 2. The Morgan fingerprint density at radius 1 is 1.10 bits per heavy atom. The number of aromatic nitrogens is 2. The van der Waals surface area contributed by atoms with Crippen LogP contribution in [0, 0.1) is 0 Å². The van der Waals surface area contributed by atoms with Crippen molar-refractivity contribution in [2.24, 2.45) is 0 Å². The Labute approximate surface area is 180 Å². The lowest BCUT2D eigenvalue weighted by Gasteiger charge is -2.20. The van der Waals surface area contributed by atoms with Gasteiger partial charge in [-0.15, -0.1) is 0 Å². The van der Waals surface area contributed by atoms with Crippen molar-refractivity contribution in [1.29, 1.82) is 0 Å².